The maximum Gasteiger partial charge on any atom is 0.164 e. The average molecular weight is 821 g/mol. The van der Waals surface area contributed by atoms with Crippen molar-refractivity contribution < 1.29 is 4.42 Å². The standard InChI is InChI=1S/C57H32N4OS/c1-2-15-36-31-48-46(30-35(36)14-1)42-27-24-34-13-4-6-18-39(34)53(42)61(48)47-29-28-45(52-44-20-7-9-22-49(44)62-54(47)52)57-59-55(37-25-26-41-40-19-8-10-23-50(40)63-51(41)32-37)58-56(60-57)43-21-11-16-33-12-3-5-17-38(33)43/h1-32H. The molecule has 63 heavy (non-hydrogen) atoms. The fourth-order valence-corrected chi connectivity index (χ4v) is 11.1. The van der Waals surface area contributed by atoms with Crippen LogP contribution in [0.1, 0.15) is 0 Å². The van der Waals surface area contributed by atoms with Crippen LogP contribution in [-0.4, -0.2) is 19.5 Å². The molecule has 0 bridgehead atoms. The molecule has 0 aliphatic carbocycles. The Morgan fingerprint density at radius 3 is 1.89 bits per heavy atom. The molecule has 0 spiro atoms. The van der Waals surface area contributed by atoms with Gasteiger partial charge in [-0.15, -0.1) is 11.3 Å². The highest BCUT2D eigenvalue weighted by atomic mass is 32.1. The molecule has 6 heteroatoms. The molecule has 0 aliphatic heterocycles. The summed E-state index contributed by atoms with van der Waals surface area (Å²) in [6.07, 6.45) is 0. The molecular formula is C57H32N4OS. The lowest BCUT2D eigenvalue weighted by Gasteiger charge is -2.14. The molecule has 4 aromatic heterocycles. The minimum atomic E-state index is 0.584. The third-order valence-corrected chi connectivity index (χ3v) is 13.9. The molecule has 0 atom stereocenters. The number of benzene rings is 10. The van der Waals surface area contributed by atoms with E-state index in [4.69, 9.17) is 19.4 Å². The first-order valence-corrected chi connectivity index (χ1v) is 22.0. The molecule has 0 radical (unpaired) electrons. The molecule has 14 aromatic rings. The first kappa shape index (κ1) is 34.5. The van der Waals surface area contributed by atoms with Gasteiger partial charge in [0.2, 0.25) is 0 Å². The zero-order valence-electron chi connectivity index (χ0n) is 33.6. The van der Waals surface area contributed by atoms with Crippen molar-refractivity contribution in [2.75, 3.05) is 0 Å². The fraction of sp³-hybridized carbons (Fsp3) is 0. The number of nitrogens with zero attached hydrogens (tertiary/aromatic N) is 4. The highest BCUT2D eigenvalue weighted by Crippen LogP contribution is 2.45. The number of aromatic nitrogens is 4. The number of fused-ring (bicyclic) bond motifs is 13. The minimum Gasteiger partial charge on any atom is -0.454 e. The topological polar surface area (TPSA) is 56.7 Å². The second-order valence-corrected chi connectivity index (χ2v) is 17.4. The van der Waals surface area contributed by atoms with Gasteiger partial charge in [-0.3, -0.25) is 0 Å². The van der Waals surface area contributed by atoms with Crippen LogP contribution in [0, 0.1) is 0 Å². The van der Waals surface area contributed by atoms with Crippen LogP contribution in [0.4, 0.5) is 0 Å². The number of thiophene rings is 1. The maximum atomic E-state index is 7.04. The van der Waals surface area contributed by atoms with Crippen LogP contribution in [0.2, 0.25) is 0 Å². The summed E-state index contributed by atoms with van der Waals surface area (Å²) in [6.45, 7) is 0. The lowest BCUT2D eigenvalue weighted by molar-refractivity contribution is 0.666. The smallest absolute Gasteiger partial charge is 0.164 e. The van der Waals surface area contributed by atoms with Gasteiger partial charge in [0.05, 0.1) is 16.7 Å². The largest absolute Gasteiger partial charge is 0.454 e. The van der Waals surface area contributed by atoms with Crippen LogP contribution < -0.4 is 0 Å². The van der Waals surface area contributed by atoms with E-state index in [-0.39, 0.29) is 0 Å². The van der Waals surface area contributed by atoms with E-state index in [1.54, 1.807) is 11.3 Å². The Morgan fingerprint density at radius 1 is 0.397 bits per heavy atom. The van der Waals surface area contributed by atoms with Gasteiger partial charge in [0.15, 0.2) is 23.1 Å². The van der Waals surface area contributed by atoms with Crippen molar-refractivity contribution in [3.8, 4) is 39.9 Å². The summed E-state index contributed by atoms with van der Waals surface area (Å²) < 4.78 is 11.9. The Kier molecular flexibility index (Phi) is 7.21. The molecule has 0 N–H and O–H groups in total. The van der Waals surface area contributed by atoms with Crippen LogP contribution in [0.5, 0.6) is 0 Å². The normalized spacial score (nSPS) is 12.1. The molecule has 0 saturated heterocycles. The first-order chi connectivity index (χ1) is 31.2. The summed E-state index contributed by atoms with van der Waals surface area (Å²) in [5.41, 5.74) is 7.56. The van der Waals surface area contributed by atoms with Crippen molar-refractivity contribution in [3.05, 3.63) is 194 Å². The maximum absolute atomic E-state index is 7.04. The second-order valence-electron chi connectivity index (χ2n) is 16.3. The van der Waals surface area contributed by atoms with Crippen LogP contribution in [0.25, 0.3) is 136 Å². The van der Waals surface area contributed by atoms with E-state index < -0.39 is 0 Å². The fourth-order valence-electron chi connectivity index (χ4n) is 9.92. The minimum absolute atomic E-state index is 0.584. The Hall–Kier alpha value is -8.19. The van der Waals surface area contributed by atoms with E-state index in [9.17, 15) is 0 Å². The van der Waals surface area contributed by atoms with Gasteiger partial charge in [0, 0.05) is 63.8 Å². The third-order valence-electron chi connectivity index (χ3n) is 12.8. The third kappa shape index (κ3) is 5.13. The predicted molar refractivity (Wildman–Crippen MR) is 263 cm³/mol. The van der Waals surface area contributed by atoms with Crippen molar-refractivity contribution in [2.24, 2.45) is 0 Å². The predicted octanol–water partition coefficient (Wildman–Crippen LogP) is 15.7. The Balaban J connectivity index is 1.07. The molecule has 10 aromatic carbocycles. The summed E-state index contributed by atoms with van der Waals surface area (Å²) in [4.78, 5) is 16.0. The van der Waals surface area contributed by atoms with Crippen LogP contribution in [0.15, 0.2) is 199 Å². The van der Waals surface area contributed by atoms with Gasteiger partial charge < -0.3 is 8.98 Å². The van der Waals surface area contributed by atoms with Gasteiger partial charge in [-0.1, -0.05) is 152 Å². The van der Waals surface area contributed by atoms with E-state index in [2.05, 4.69) is 193 Å². The summed E-state index contributed by atoms with van der Waals surface area (Å²) in [5.74, 6) is 1.82. The molecule has 4 heterocycles. The number of hydrogen-bond acceptors (Lipinski definition) is 5. The Labute approximate surface area is 363 Å². The number of para-hydroxylation sites is 1. The molecular weight excluding hydrogens is 789 g/mol. The molecule has 0 saturated carbocycles. The average Bonchev–Trinajstić information content (AvgIpc) is 4.02. The van der Waals surface area contributed by atoms with Crippen molar-refractivity contribution in [3.63, 3.8) is 0 Å². The van der Waals surface area contributed by atoms with Gasteiger partial charge in [-0.05, 0) is 69.4 Å². The van der Waals surface area contributed by atoms with E-state index >= 15 is 0 Å². The second kappa shape index (κ2) is 13.2. The number of rotatable bonds is 4. The first-order valence-electron chi connectivity index (χ1n) is 21.2. The molecule has 14 rings (SSSR count). The van der Waals surface area contributed by atoms with Gasteiger partial charge in [-0.25, -0.2) is 15.0 Å². The Morgan fingerprint density at radius 2 is 1.03 bits per heavy atom. The summed E-state index contributed by atoms with van der Waals surface area (Å²) in [6, 6.07) is 69.1. The number of hydrogen-bond donors (Lipinski definition) is 0. The highest BCUT2D eigenvalue weighted by Gasteiger charge is 2.24. The van der Waals surface area contributed by atoms with Gasteiger partial charge >= 0.3 is 0 Å². The lowest BCUT2D eigenvalue weighted by atomic mass is 10.0. The van der Waals surface area contributed by atoms with Gasteiger partial charge in [0.25, 0.3) is 0 Å². The molecule has 0 amide bonds. The monoisotopic (exact) mass is 820 g/mol. The number of furan rings is 1. The molecule has 0 aliphatic rings. The summed E-state index contributed by atoms with van der Waals surface area (Å²) in [5, 5.41) is 13.8. The van der Waals surface area contributed by atoms with Crippen molar-refractivity contribution in [1.29, 1.82) is 0 Å². The quantitative estimate of drug-likeness (QED) is 0.177. The van der Waals surface area contributed by atoms with Crippen molar-refractivity contribution in [1.82, 2.24) is 19.5 Å². The van der Waals surface area contributed by atoms with E-state index in [1.165, 1.54) is 52.5 Å². The molecule has 0 fully saturated rings. The van der Waals surface area contributed by atoms with E-state index in [0.717, 1.165) is 66.1 Å². The highest BCUT2D eigenvalue weighted by molar-refractivity contribution is 7.25. The summed E-state index contributed by atoms with van der Waals surface area (Å²) in [7, 11) is 0. The van der Waals surface area contributed by atoms with Crippen molar-refractivity contribution in [2.45, 2.75) is 0 Å². The van der Waals surface area contributed by atoms with E-state index in [1.807, 2.05) is 6.07 Å². The zero-order valence-corrected chi connectivity index (χ0v) is 34.4. The molecule has 0 unspecified atom stereocenters. The van der Waals surface area contributed by atoms with Crippen LogP contribution >= 0.6 is 11.3 Å². The lowest BCUT2D eigenvalue weighted by Crippen LogP contribution is -2.02. The van der Waals surface area contributed by atoms with Crippen molar-refractivity contribution >= 4 is 108 Å². The molecule has 292 valence electrons. The van der Waals surface area contributed by atoms with Gasteiger partial charge in [0.1, 0.15) is 5.58 Å². The molecule has 5 nitrogen and oxygen atoms in total. The SMILES string of the molecule is c1ccc2cc3c(cc2c1)c1ccc2ccccc2c1n3-c1ccc(-c2nc(-c3ccc4c(c3)sc3ccccc34)nc(-c3cccc4ccccc34)n2)c2c1oc1ccccc12. The Bertz CT molecular complexity index is 4230. The summed E-state index contributed by atoms with van der Waals surface area (Å²) >= 11 is 1.79. The van der Waals surface area contributed by atoms with Gasteiger partial charge in [-0.2, -0.15) is 0 Å². The van der Waals surface area contributed by atoms with Crippen LogP contribution in [0.3, 0.4) is 0 Å². The zero-order chi connectivity index (χ0) is 41.2. The van der Waals surface area contributed by atoms with E-state index in [0.29, 0.717) is 17.5 Å². The van der Waals surface area contributed by atoms with Crippen LogP contribution in [-0.2, 0) is 0 Å².